The fourth-order valence-corrected chi connectivity index (χ4v) is 1.72. The van der Waals surface area contributed by atoms with E-state index in [9.17, 15) is 9.59 Å². The summed E-state index contributed by atoms with van der Waals surface area (Å²) in [6.45, 7) is 0.184. The number of rotatable bonds is 10. The lowest BCUT2D eigenvalue weighted by Gasteiger charge is -2.14. The van der Waals surface area contributed by atoms with Gasteiger partial charge in [0.25, 0.3) is 7.48 Å². The molecule has 0 fully saturated rings. The Labute approximate surface area is 130 Å². The second-order valence-electron chi connectivity index (χ2n) is 4.53. The molecule has 0 aromatic heterocycles. The second-order valence-corrected chi connectivity index (χ2v) is 4.53. The first-order valence-corrected chi connectivity index (χ1v) is 6.97. The van der Waals surface area contributed by atoms with Gasteiger partial charge in [-0.05, 0) is 12.0 Å². The van der Waals surface area contributed by atoms with Gasteiger partial charge in [-0.3, -0.25) is 0 Å². The number of ether oxygens (including phenoxy) is 1. The van der Waals surface area contributed by atoms with E-state index in [1.54, 1.807) is 0 Å². The van der Waals surface area contributed by atoms with Gasteiger partial charge in [0.05, 0.1) is 6.73 Å². The zero-order chi connectivity index (χ0) is 16.2. The molecular weight excluding hydrogens is 287 g/mol. The highest BCUT2D eigenvalue weighted by molar-refractivity contribution is 6.26. The average Bonchev–Trinajstić information content (AvgIpc) is 2.52. The minimum Gasteiger partial charge on any atom is -0.480 e. The maximum Gasteiger partial charge on any atom is 0.408 e. The van der Waals surface area contributed by atoms with E-state index in [-0.39, 0.29) is 19.8 Å². The van der Waals surface area contributed by atoms with Crippen molar-refractivity contribution < 1.29 is 24.1 Å². The lowest BCUT2D eigenvalue weighted by molar-refractivity contribution is -0.139. The first kappa shape index (κ1) is 18.0. The predicted octanol–water partition coefficient (Wildman–Crippen LogP) is 1.12. The number of nitrogens with one attached hydrogen (secondary N) is 1. The maximum atomic E-state index is 11.6. The predicted molar refractivity (Wildman–Crippen MR) is 81.1 cm³/mol. The van der Waals surface area contributed by atoms with Crippen LogP contribution in [0.3, 0.4) is 0 Å². The van der Waals surface area contributed by atoms with Crippen molar-refractivity contribution in [2.24, 2.45) is 5.73 Å². The molecule has 0 aliphatic heterocycles. The van der Waals surface area contributed by atoms with Gasteiger partial charge in [-0.15, -0.1) is 0 Å². The Morgan fingerprint density at radius 3 is 2.68 bits per heavy atom. The summed E-state index contributed by atoms with van der Waals surface area (Å²) in [5, 5.41) is 11.4. The van der Waals surface area contributed by atoms with Gasteiger partial charge >= 0.3 is 12.1 Å². The molecule has 0 saturated heterocycles. The zero-order valence-electron chi connectivity index (χ0n) is 12.2. The molecule has 119 valence electrons. The van der Waals surface area contributed by atoms with Crippen molar-refractivity contribution >= 4 is 19.5 Å². The van der Waals surface area contributed by atoms with E-state index in [0.717, 1.165) is 5.56 Å². The van der Waals surface area contributed by atoms with Crippen molar-refractivity contribution in [3.63, 3.8) is 0 Å². The SMILES string of the molecule is NCO[B]CCC[C@H](NC(=O)OCc1ccccc1)C(=O)O. The van der Waals surface area contributed by atoms with Gasteiger partial charge in [0.1, 0.15) is 12.6 Å². The molecular formula is C14H20BN2O5. The van der Waals surface area contributed by atoms with Gasteiger partial charge in [0, 0.05) is 0 Å². The lowest BCUT2D eigenvalue weighted by atomic mass is 9.90. The summed E-state index contributed by atoms with van der Waals surface area (Å²) >= 11 is 0. The van der Waals surface area contributed by atoms with E-state index in [1.165, 1.54) is 7.48 Å². The fourth-order valence-electron chi connectivity index (χ4n) is 1.72. The first-order chi connectivity index (χ1) is 10.6. The normalized spacial score (nSPS) is 11.5. The molecule has 0 spiro atoms. The van der Waals surface area contributed by atoms with Gasteiger partial charge in [0.15, 0.2) is 0 Å². The quantitative estimate of drug-likeness (QED) is 0.339. The summed E-state index contributed by atoms with van der Waals surface area (Å²) in [5.74, 6) is -1.10. The van der Waals surface area contributed by atoms with Gasteiger partial charge in [-0.25, -0.2) is 9.59 Å². The molecule has 1 amide bonds. The van der Waals surface area contributed by atoms with Gasteiger partial charge in [-0.1, -0.05) is 43.1 Å². The van der Waals surface area contributed by atoms with Crippen molar-refractivity contribution in [1.29, 1.82) is 0 Å². The molecule has 1 atom stereocenters. The zero-order valence-corrected chi connectivity index (χ0v) is 12.2. The van der Waals surface area contributed by atoms with E-state index < -0.39 is 18.1 Å². The molecule has 1 aromatic carbocycles. The summed E-state index contributed by atoms with van der Waals surface area (Å²) in [7, 11) is 1.52. The molecule has 1 rings (SSSR count). The van der Waals surface area contributed by atoms with E-state index in [1.807, 2.05) is 30.3 Å². The number of nitrogens with two attached hydrogens (primary N) is 1. The first-order valence-electron chi connectivity index (χ1n) is 6.97. The Morgan fingerprint density at radius 1 is 1.32 bits per heavy atom. The number of aliphatic carboxylic acids is 1. The van der Waals surface area contributed by atoms with Crippen molar-refractivity contribution in [2.45, 2.75) is 31.8 Å². The highest BCUT2D eigenvalue weighted by Crippen LogP contribution is 2.04. The number of hydrogen-bond donors (Lipinski definition) is 3. The van der Waals surface area contributed by atoms with Crippen LogP contribution in [0.5, 0.6) is 0 Å². The topological polar surface area (TPSA) is 111 Å². The van der Waals surface area contributed by atoms with Crippen LogP contribution in [0.15, 0.2) is 30.3 Å². The Hall–Kier alpha value is -2.06. The van der Waals surface area contributed by atoms with Crippen LogP contribution in [0.1, 0.15) is 18.4 Å². The average molecular weight is 307 g/mol. The van der Waals surface area contributed by atoms with Crippen molar-refractivity contribution in [2.75, 3.05) is 6.73 Å². The Bertz CT molecular complexity index is 458. The third kappa shape index (κ3) is 7.65. The Balaban J connectivity index is 2.29. The summed E-state index contributed by atoms with van der Waals surface area (Å²) in [6.07, 6.45) is 0.635. The standard InChI is InChI=1S/C14H20BN2O5/c16-10-22-15-8-4-7-12(13(18)19)17-14(20)21-9-11-5-2-1-3-6-11/h1-3,5-6,12H,4,7-10,16H2,(H,17,20)(H,18,19)/t12-/m0/s1. The molecule has 0 saturated carbocycles. The van der Waals surface area contributed by atoms with Crippen LogP contribution in [0.25, 0.3) is 0 Å². The molecule has 0 bridgehead atoms. The lowest BCUT2D eigenvalue weighted by Crippen LogP contribution is -2.41. The molecule has 0 aliphatic carbocycles. The molecule has 0 aliphatic rings. The summed E-state index contributed by atoms with van der Waals surface area (Å²) in [4.78, 5) is 22.7. The number of carboxylic acids is 1. The molecule has 8 heteroatoms. The number of carboxylic acid groups (broad SMARTS) is 1. The monoisotopic (exact) mass is 307 g/mol. The van der Waals surface area contributed by atoms with Crippen molar-refractivity contribution in [1.82, 2.24) is 5.32 Å². The van der Waals surface area contributed by atoms with Crippen LogP contribution in [0, 0.1) is 0 Å². The molecule has 0 heterocycles. The van der Waals surface area contributed by atoms with Crippen LogP contribution >= 0.6 is 0 Å². The summed E-state index contributed by atoms with van der Waals surface area (Å²) in [5.41, 5.74) is 5.98. The third-order valence-electron chi connectivity index (χ3n) is 2.83. The number of hydrogen-bond acceptors (Lipinski definition) is 5. The summed E-state index contributed by atoms with van der Waals surface area (Å²) in [6, 6.07) is 8.15. The molecule has 4 N–H and O–H groups in total. The highest BCUT2D eigenvalue weighted by Gasteiger charge is 2.20. The van der Waals surface area contributed by atoms with Gasteiger partial charge < -0.3 is 25.5 Å². The van der Waals surface area contributed by atoms with E-state index in [4.69, 9.17) is 20.2 Å². The number of carbonyl (C=O) groups is 2. The smallest absolute Gasteiger partial charge is 0.408 e. The number of benzene rings is 1. The third-order valence-corrected chi connectivity index (χ3v) is 2.83. The summed E-state index contributed by atoms with van der Waals surface area (Å²) < 4.78 is 9.83. The van der Waals surface area contributed by atoms with E-state index in [0.29, 0.717) is 12.7 Å². The van der Waals surface area contributed by atoms with Gasteiger partial charge in [0.2, 0.25) is 0 Å². The Kier molecular flexibility index (Phi) is 8.70. The largest absolute Gasteiger partial charge is 0.480 e. The minimum absolute atomic E-state index is 0.0897. The van der Waals surface area contributed by atoms with Crippen LogP contribution in [0.2, 0.25) is 6.32 Å². The second kappa shape index (κ2) is 10.6. The Morgan fingerprint density at radius 2 is 2.05 bits per heavy atom. The van der Waals surface area contributed by atoms with Crippen LogP contribution < -0.4 is 11.1 Å². The van der Waals surface area contributed by atoms with E-state index >= 15 is 0 Å². The number of carbonyl (C=O) groups excluding carboxylic acids is 1. The minimum atomic E-state index is -1.10. The molecule has 1 radical (unpaired) electrons. The van der Waals surface area contributed by atoms with Crippen molar-refractivity contribution in [3.8, 4) is 0 Å². The van der Waals surface area contributed by atoms with Gasteiger partial charge in [-0.2, -0.15) is 0 Å². The number of alkyl carbamates (subject to hydrolysis) is 1. The molecule has 22 heavy (non-hydrogen) atoms. The molecule has 1 aromatic rings. The van der Waals surface area contributed by atoms with Crippen LogP contribution in [0.4, 0.5) is 4.79 Å². The fraction of sp³-hybridized carbons (Fsp3) is 0.429. The van der Waals surface area contributed by atoms with Crippen LogP contribution in [-0.4, -0.2) is 37.4 Å². The maximum absolute atomic E-state index is 11.6. The number of amides is 1. The molecule has 0 unspecified atom stereocenters. The van der Waals surface area contributed by atoms with E-state index in [2.05, 4.69) is 5.32 Å². The molecule has 7 nitrogen and oxygen atoms in total. The highest BCUT2D eigenvalue weighted by atomic mass is 16.5. The van der Waals surface area contributed by atoms with Crippen LogP contribution in [-0.2, 0) is 20.8 Å². The van der Waals surface area contributed by atoms with Crippen molar-refractivity contribution in [3.05, 3.63) is 35.9 Å².